The molecule has 0 bridgehead atoms. The Morgan fingerprint density at radius 3 is 2.60 bits per heavy atom. The van der Waals surface area contributed by atoms with Gasteiger partial charge in [0.05, 0.1) is 0 Å². The third kappa shape index (κ3) is 3.37. The number of nitrogens with one attached hydrogen (secondary N) is 1. The summed E-state index contributed by atoms with van der Waals surface area (Å²) in [7, 11) is 0. The number of carbonyl (C=O) groups excluding carboxylic acids is 2. The molecule has 6 nitrogen and oxygen atoms in total. The molecule has 0 spiro atoms. The normalized spacial score (nSPS) is 21.0. The molecule has 2 aromatic rings. The van der Waals surface area contributed by atoms with Crippen molar-refractivity contribution in [2.75, 3.05) is 5.32 Å². The van der Waals surface area contributed by atoms with Gasteiger partial charge in [0.15, 0.2) is 0 Å². The van der Waals surface area contributed by atoms with Crippen molar-refractivity contribution < 1.29 is 18.7 Å². The second kappa shape index (κ2) is 6.04. The summed E-state index contributed by atoms with van der Waals surface area (Å²) in [5.74, 6) is -0.760. The highest BCUT2D eigenvalue weighted by Crippen LogP contribution is 2.64. The fourth-order valence-electron chi connectivity index (χ4n) is 2.55. The summed E-state index contributed by atoms with van der Waals surface area (Å²) in [6.45, 7) is 2.90. The number of halogens is 2. The predicted molar refractivity (Wildman–Crippen MR) is 93.7 cm³/mol. The van der Waals surface area contributed by atoms with Gasteiger partial charge in [-0.1, -0.05) is 0 Å². The minimum atomic E-state index is -1.12. The van der Waals surface area contributed by atoms with E-state index in [1.807, 2.05) is 0 Å². The number of rotatable bonds is 4. The largest absolute Gasteiger partial charge is 0.460 e. The molecule has 1 N–H and O–H groups in total. The standard InChI is InChI=1S/C17H15Cl2NO5/c1-9(21)20-11-3-4-12-10(5-14(22)25-13(12)6-11)7-24-15(23)16(2)8-17(16,18)19/h3-6H,7-8H2,1-2H3,(H,20,21)/t16-/m0/s1. The number of ether oxygens (including phenoxy) is 1. The molecule has 25 heavy (non-hydrogen) atoms. The van der Waals surface area contributed by atoms with Crippen molar-refractivity contribution in [3.63, 3.8) is 0 Å². The minimum Gasteiger partial charge on any atom is -0.460 e. The maximum Gasteiger partial charge on any atom is 0.336 e. The molecule has 8 heteroatoms. The number of esters is 1. The zero-order valence-corrected chi connectivity index (χ0v) is 15.0. The number of fused-ring (bicyclic) bond motifs is 1. The molecule has 1 aliphatic carbocycles. The van der Waals surface area contributed by atoms with Gasteiger partial charge in [-0.2, -0.15) is 0 Å². The number of alkyl halides is 2. The van der Waals surface area contributed by atoms with Crippen LogP contribution in [0.1, 0.15) is 25.8 Å². The Morgan fingerprint density at radius 1 is 1.32 bits per heavy atom. The predicted octanol–water partition coefficient (Wildman–Crippen LogP) is 3.38. The smallest absolute Gasteiger partial charge is 0.336 e. The van der Waals surface area contributed by atoms with E-state index in [1.165, 1.54) is 19.1 Å². The van der Waals surface area contributed by atoms with E-state index in [0.717, 1.165) is 0 Å². The van der Waals surface area contributed by atoms with Gasteiger partial charge in [0, 0.05) is 42.1 Å². The van der Waals surface area contributed by atoms with Gasteiger partial charge >= 0.3 is 11.6 Å². The molecule has 1 aromatic heterocycles. The maximum absolute atomic E-state index is 12.2. The molecule has 1 fully saturated rings. The number of amides is 1. The fraction of sp³-hybridized carbons (Fsp3) is 0.353. The lowest BCUT2D eigenvalue weighted by Gasteiger charge is -2.13. The van der Waals surface area contributed by atoms with Crippen LogP contribution in [0.2, 0.25) is 0 Å². The average Bonchev–Trinajstić information content (AvgIpc) is 3.03. The number of hydrogen-bond donors (Lipinski definition) is 1. The third-order valence-electron chi connectivity index (χ3n) is 4.22. The molecule has 1 heterocycles. The Kier molecular flexibility index (Phi) is 4.29. The van der Waals surface area contributed by atoms with Crippen molar-refractivity contribution in [2.24, 2.45) is 5.41 Å². The monoisotopic (exact) mass is 383 g/mol. The number of anilines is 1. The zero-order valence-electron chi connectivity index (χ0n) is 13.5. The van der Waals surface area contributed by atoms with Crippen molar-refractivity contribution in [1.82, 2.24) is 0 Å². The van der Waals surface area contributed by atoms with E-state index >= 15 is 0 Å². The third-order valence-corrected chi connectivity index (χ3v) is 5.32. The lowest BCUT2D eigenvalue weighted by Crippen LogP contribution is -2.21. The molecule has 1 amide bonds. The highest BCUT2D eigenvalue weighted by atomic mass is 35.5. The van der Waals surface area contributed by atoms with Crippen LogP contribution < -0.4 is 10.9 Å². The number of hydrogen-bond acceptors (Lipinski definition) is 5. The number of benzene rings is 1. The van der Waals surface area contributed by atoms with E-state index in [0.29, 0.717) is 23.1 Å². The lowest BCUT2D eigenvalue weighted by atomic mass is 10.1. The summed E-state index contributed by atoms with van der Waals surface area (Å²) < 4.78 is 9.33. The Bertz CT molecular complexity index is 936. The van der Waals surface area contributed by atoms with E-state index in [-0.39, 0.29) is 18.1 Å². The van der Waals surface area contributed by atoms with Crippen molar-refractivity contribution in [3.8, 4) is 0 Å². The first kappa shape index (κ1) is 17.8. The van der Waals surface area contributed by atoms with Crippen molar-refractivity contribution in [3.05, 3.63) is 40.2 Å². The van der Waals surface area contributed by atoms with Gasteiger partial charge in [-0.25, -0.2) is 4.79 Å². The minimum absolute atomic E-state index is 0.111. The van der Waals surface area contributed by atoms with Crippen LogP contribution in [0.5, 0.6) is 0 Å². The highest BCUT2D eigenvalue weighted by molar-refractivity contribution is 6.53. The average molecular weight is 384 g/mol. The highest BCUT2D eigenvalue weighted by Gasteiger charge is 2.69. The Labute approximate surface area is 153 Å². The van der Waals surface area contributed by atoms with E-state index in [9.17, 15) is 14.4 Å². The summed E-state index contributed by atoms with van der Waals surface area (Å²) in [5.41, 5.74) is -0.249. The molecule has 1 saturated carbocycles. The van der Waals surface area contributed by atoms with E-state index in [4.69, 9.17) is 32.4 Å². The quantitative estimate of drug-likeness (QED) is 0.496. The van der Waals surface area contributed by atoms with Crippen molar-refractivity contribution in [1.29, 1.82) is 0 Å². The van der Waals surface area contributed by atoms with E-state index in [1.54, 1.807) is 19.1 Å². The molecule has 0 radical (unpaired) electrons. The summed E-state index contributed by atoms with van der Waals surface area (Å²) in [5, 5.41) is 3.21. The van der Waals surface area contributed by atoms with Crippen LogP contribution in [-0.4, -0.2) is 16.2 Å². The van der Waals surface area contributed by atoms with Crippen LogP contribution in [0.15, 0.2) is 33.5 Å². The van der Waals surface area contributed by atoms with Crippen LogP contribution in [0.3, 0.4) is 0 Å². The maximum atomic E-state index is 12.2. The zero-order chi connectivity index (χ0) is 18.4. The Hall–Kier alpha value is -2.05. The fourth-order valence-corrected chi connectivity index (χ4v) is 3.24. The van der Waals surface area contributed by atoms with Crippen LogP contribution in [0.25, 0.3) is 11.0 Å². The molecule has 0 unspecified atom stereocenters. The van der Waals surface area contributed by atoms with E-state index in [2.05, 4.69) is 5.32 Å². The van der Waals surface area contributed by atoms with Gasteiger partial charge in [-0.3, -0.25) is 9.59 Å². The second-order valence-electron chi connectivity index (χ2n) is 6.27. The summed E-state index contributed by atoms with van der Waals surface area (Å²) >= 11 is 11.9. The lowest BCUT2D eigenvalue weighted by molar-refractivity contribution is -0.150. The molecule has 1 aromatic carbocycles. The summed E-state index contributed by atoms with van der Waals surface area (Å²) in [4.78, 5) is 35.1. The molecule has 0 saturated heterocycles. The number of carbonyl (C=O) groups is 2. The first-order chi connectivity index (χ1) is 11.6. The van der Waals surface area contributed by atoms with Gasteiger partial charge < -0.3 is 14.5 Å². The SMILES string of the molecule is CC(=O)Nc1ccc2c(COC(=O)[C@]3(C)CC3(Cl)Cl)cc(=O)oc2c1. The molecule has 0 aliphatic heterocycles. The first-order valence-corrected chi connectivity index (χ1v) is 8.27. The van der Waals surface area contributed by atoms with Gasteiger partial charge in [-0.05, 0) is 19.1 Å². The molecular weight excluding hydrogens is 369 g/mol. The van der Waals surface area contributed by atoms with Gasteiger partial charge in [0.1, 0.15) is 21.9 Å². The summed E-state index contributed by atoms with van der Waals surface area (Å²) in [6.07, 6.45) is 0.319. The van der Waals surface area contributed by atoms with Gasteiger partial charge in [-0.15, -0.1) is 23.2 Å². The van der Waals surface area contributed by atoms with Crippen LogP contribution >= 0.6 is 23.2 Å². The van der Waals surface area contributed by atoms with Crippen molar-refractivity contribution in [2.45, 2.75) is 31.2 Å². The Morgan fingerprint density at radius 2 is 2.00 bits per heavy atom. The molecule has 1 aliphatic rings. The molecular formula is C17H15Cl2NO5. The molecule has 3 rings (SSSR count). The van der Waals surface area contributed by atoms with Crippen molar-refractivity contribution >= 4 is 51.7 Å². The van der Waals surface area contributed by atoms with E-state index < -0.39 is 21.3 Å². The van der Waals surface area contributed by atoms with Gasteiger partial charge in [0.2, 0.25) is 5.91 Å². The molecule has 1 atom stereocenters. The van der Waals surface area contributed by atoms with Crippen LogP contribution in [0, 0.1) is 5.41 Å². The summed E-state index contributed by atoms with van der Waals surface area (Å²) in [6, 6.07) is 6.14. The topological polar surface area (TPSA) is 85.6 Å². The van der Waals surface area contributed by atoms with Crippen LogP contribution in [0.4, 0.5) is 5.69 Å². The van der Waals surface area contributed by atoms with Gasteiger partial charge in [0.25, 0.3) is 0 Å². The molecule has 132 valence electrons. The second-order valence-corrected chi connectivity index (χ2v) is 7.76. The Balaban J connectivity index is 1.85. The van der Waals surface area contributed by atoms with Crippen LogP contribution in [-0.2, 0) is 20.9 Å². The first-order valence-electron chi connectivity index (χ1n) is 7.52.